The molecule has 3 aromatic rings. The van der Waals surface area contributed by atoms with Gasteiger partial charge in [-0.15, -0.1) is 11.3 Å². The van der Waals surface area contributed by atoms with Crippen molar-refractivity contribution < 1.29 is 28.3 Å². The Bertz CT molecular complexity index is 1390. The molecule has 178 valence electrons. The zero-order valence-corrected chi connectivity index (χ0v) is 20.2. The summed E-state index contributed by atoms with van der Waals surface area (Å²) in [6, 6.07) is 11.6. The summed E-state index contributed by atoms with van der Waals surface area (Å²) in [5.74, 6) is -3.79. The van der Waals surface area contributed by atoms with Gasteiger partial charge in [0.05, 0.1) is 10.5 Å². The second-order valence-electron chi connectivity index (χ2n) is 7.42. The van der Waals surface area contributed by atoms with Gasteiger partial charge in [-0.2, -0.15) is 0 Å². The second kappa shape index (κ2) is 10.5. The lowest BCUT2D eigenvalue weighted by molar-refractivity contribution is -0.128. The Morgan fingerprint density at radius 1 is 1.09 bits per heavy atom. The number of nitrogens with zero attached hydrogens (tertiary/aromatic N) is 1. The molecule has 2 heterocycles. The Hall–Kier alpha value is -3.41. The van der Waals surface area contributed by atoms with E-state index in [0.29, 0.717) is 26.5 Å². The van der Waals surface area contributed by atoms with Crippen molar-refractivity contribution in [1.82, 2.24) is 10.2 Å². The Morgan fingerprint density at radius 2 is 1.89 bits per heavy atom. The Labute approximate surface area is 212 Å². The summed E-state index contributed by atoms with van der Waals surface area (Å²) in [6.07, 6.45) is 1.64. The van der Waals surface area contributed by atoms with E-state index in [9.17, 15) is 23.2 Å². The molecule has 0 bridgehead atoms. The number of nitrogens with one attached hydrogen (secondary N) is 1. The SMILES string of the molecule is O=C(CN1C(=O)C(=Cc2cc(-c3ccc(F)c(F)c3)cs2)SC1=S)NCc1cccc(C(=O)O)c1. The fourth-order valence-corrected chi connectivity index (χ4v) is 5.40. The minimum atomic E-state index is -1.06. The molecule has 11 heteroatoms. The fourth-order valence-electron chi connectivity index (χ4n) is 3.24. The van der Waals surface area contributed by atoms with Gasteiger partial charge < -0.3 is 10.4 Å². The van der Waals surface area contributed by atoms with E-state index in [0.717, 1.165) is 23.9 Å². The van der Waals surface area contributed by atoms with Crippen LogP contribution in [-0.2, 0) is 16.1 Å². The van der Waals surface area contributed by atoms with Gasteiger partial charge in [-0.05, 0) is 58.5 Å². The maximum Gasteiger partial charge on any atom is 0.335 e. The monoisotopic (exact) mass is 530 g/mol. The molecule has 2 aromatic carbocycles. The Kier molecular flexibility index (Phi) is 7.39. The van der Waals surface area contributed by atoms with Crippen LogP contribution in [0.2, 0.25) is 0 Å². The molecular weight excluding hydrogens is 514 g/mol. The average Bonchev–Trinajstić information content (AvgIpc) is 3.40. The predicted octanol–water partition coefficient (Wildman–Crippen LogP) is 4.91. The van der Waals surface area contributed by atoms with Crippen LogP contribution in [0.3, 0.4) is 0 Å². The molecule has 0 atom stereocenters. The summed E-state index contributed by atoms with van der Waals surface area (Å²) in [7, 11) is 0. The molecule has 1 aliphatic heterocycles. The smallest absolute Gasteiger partial charge is 0.335 e. The zero-order chi connectivity index (χ0) is 25.1. The van der Waals surface area contributed by atoms with E-state index in [-0.39, 0.29) is 23.0 Å². The molecule has 4 rings (SSSR count). The van der Waals surface area contributed by atoms with Crippen molar-refractivity contribution in [3.8, 4) is 11.1 Å². The van der Waals surface area contributed by atoms with Crippen LogP contribution in [0.5, 0.6) is 0 Å². The molecular formula is C24H16F2N2O4S3. The van der Waals surface area contributed by atoms with Gasteiger partial charge in [0.2, 0.25) is 5.91 Å². The van der Waals surface area contributed by atoms with Crippen LogP contribution in [0.15, 0.2) is 58.8 Å². The largest absolute Gasteiger partial charge is 0.478 e. The second-order valence-corrected chi connectivity index (χ2v) is 10.0. The minimum Gasteiger partial charge on any atom is -0.478 e. The summed E-state index contributed by atoms with van der Waals surface area (Å²) in [4.78, 5) is 38.5. The van der Waals surface area contributed by atoms with Crippen molar-refractivity contribution in [3.63, 3.8) is 0 Å². The summed E-state index contributed by atoms with van der Waals surface area (Å²) in [6.45, 7) is -0.169. The third-order valence-corrected chi connectivity index (χ3v) is 7.24. The molecule has 0 spiro atoms. The van der Waals surface area contributed by atoms with Crippen LogP contribution in [0.1, 0.15) is 20.8 Å². The van der Waals surface area contributed by atoms with Crippen molar-refractivity contribution in [3.05, 3.63) is 86.5 Å². The van der Waals surface area contributed by atoms with Crippen LogP contribution >= 0.6 is 35.3 Å². The van der Waals surface area contributed by atoms with Crippen LogP contribution in [-0.4, -0.2) is 38.7 Å². The number of halogens is 2. The predicted molar refractivity (Wildman–Crippen MR) is 135 cm³/mol. The van der Waals surface area contributed by atoms with Gasteiger partial charge in [-0.25, -0.2) is 13.6 Å². The molecule has 0 saturated carbocycles. The highest BCUT2D eigenvalue weighted by molar-refractivity contribution is 8.26. The van der Waals surface area contributed by atoms with E-state index >= 15 is 0 Å². The maximum atomic E-state index is 13.5. The van der Waals surface area contributed by atoms with Gasteiger partial charge in [0.25, 0.3) is 5.91 Å². The first-order chi connectivity index (χ1) is 16.7. The molecule has 2 N–H and O–H groups in total. The minimum absolute atomic E-state index is 0.104. The molecule has 1 saturated heterocycles. The number of rotatable bonds is 7. The van der Waals surface area contributed by atoms with Crippen molar-refractivity contribution in [2.24, 2.45) is 0 Å². The molecule has 0 aliphatic carbocycles. The van der Waals surface area contributed by atoms with E-state index in [1.54, 1.807) is 29.7 Å². The average molecular weight is 531 g/mol. The highest BCUT2D eigenvalue weighted by Gasteiger charge is 2.33. The van der Waals surface area contributed by atoms with Crippen LogP contribution in [0.25, 0.3) is 17.2 Å². The summed E-state index contributed by atoms with van der Waals surface area (Å²) >= 11 is 7.67. The third-order valence-electron chi connectivity index (χ3n) is 4.98. The summed E-state index contributed by atoms with van der Waals surface area (Å²) < 4.78 is 27.0. The van der Waals surface area contributed by atoms with E-state index < -0.39 is 29.4 Å². The molecule has 1 fully saturated rings. The number of aromatic carboxylic acids is 1. The van der Waals surface area contributed by atoms with Gasteiger partial charge in [0, 0.05) is 11.4 Å². The quantitative estimate of drug-likeness (QED) is 0.334. The van der Waals surface area contributed by atoms with Crippen LogP contribution in [0.4, 0.5) is 8.78 Å². The van der Waals surface area contributed by atoms with E-state index in [4.69, 9.17) is 17.3 Å². The van der Waals surface area contributed by atoms with Crippen molar-refractivity contribution >= 4 is 63.5 Å². The standard InChI is InChI=1S/C24H16F2N2O4S3/c25-18-5-4-14(8-19(18)26)16-7-17(34-12-16)9-20-22(30)28(24(33)35-20)11-21(29)27-10-13-2-1-3-15(6-13)23(31)32/h1-9,12H,10-11H2,(H,27,29)(H,31,32). The number of thiophene rings is 1. The van der Waals surface area contributed by atoms with Gasteiger partial charge in [0.15, 0.2) is 11.6 Å². The number of benzene rings is 2. The first-order valence-corrected chi connectivity index (χ1v) is 12.2. The number of amides is 2. The first-order valence-electron chi connectivity index (χ1n) is 10.1. The molecule has 0 radical (unpaired) electrons. The van der Waals surface area contributed by atoms with Crippen LogP contribution < -0.4 is 5.32 Å². The topological polar surface area (TPSA) is 86.7 Å². The van der Waals surface area contributed by atoms with Crippen molar-refractivity contribution in [2.75, 3.05) is 6.54 Å². The lowest BCUT2D eigenvalue weighted by Crippen LogP contribution is -2.39. The first kappa shape index (κ1) is 24.7. The number of carboxylic acid groups (broad SMARTS) is 1. The Balaban J connectivity index is 1.39. The summed E-state index contributed by atoms with van der Waals surface area (Å²) in [5.41, 5.74) is 1.91. The van der Waals surface area contributed by atoms with Crippen LogP contribution in [0, 0.1) is 11.6 Å². The fraction of sp³-hybridized carbons (Fsp3) is 0.0833. The van der Waals surface area contributed by atoms with E-state index in [1.807, 2.05) is 0 Å². The number of carboxylic acids is 1. The maximum absolute atomic E-state index is 13.5. The number of carbonyl (C=O) groups excluding carboxylic acids is 2. The molecule has 1 aromatic heterocycles. The third kappa shape index (κ3) is 5.81. The van der Waals surface area contributed by atoms with Gasteiger partial charge in [-0.3, -0.25) is 14.5 Å². The lowest BCUT2D eigenvalue weighted by atomic mass is 10.1. The normalized spacial score (nSPS) is 14.6. The van der Waals surface area contributed by atoms with E-state index in [2.05, 4.69) is 5.32 Å². The van der Waals surface area contributed by atoms with Crippen molar-refractivity contribution in [1.29, 1.82) is 0 Å². The molecule has 35 heavy (non-hydrogen) atoms. The number of thioether (sulfide) groups is 1. The number of thiocarbonyl (C=S) groups is 1. The van der Waals surface area contributed by atoms with Gasteiger partial charge in [0.1, 0.15) is 10.9 Å². The van der Waals surface area contributed by atoms with E-state index in [1.165, 1.54) is 34.4 Å². The zero-order valence-electron chi connectivity index (χ0n) is 17.8. The molecule has 6 nitrogen and oxygen atoms in total. The highest BCUT2D eigenvalue weighted by Crippen LogP contribution is 2.35. The summed E-state index contributed by atoms with van der Waals surface area (Å²) in [5, 5.41) is 13.5. The molecule has 0 unspecified atom stereocenters. The highest BCUT2D eigenvalue weighted by atomic mass is 32.2. The number of hydrogen-bond donors (Lipinski definition) is 2. The van der Waals surface area contributed by atoms with Crippen molar-refractivity contribution in [2.45, 2.75) is 6.54 Å². The molecule has 1 aliphatic rings. The van der Waals surface area contributed by atoms with Gasteiger partial charge >= 0.3 is 5.97 Å². The number of carbonyl (C=O) groups is 3. The number of hydrogen-bond acceptors (Lipinski definition) is 6. The molecule has 2 amide bonds. The van der Waals surface area contributed by atoms with Gasteiger partial charge in [-0.1, -0.05) is 42.2 Å². The lowest BCUT2D eigenvalue weighted by Gasteiger charge is -2.14. The Morgan fingerprint density at radius 3 is 2.63 bits per heavy atom.